The Morgan fingerprint density at radius 2 is 2.45 bits per heavy atom. The van der Waals surface area contributed by atoms with Gasteiger partial charge in [0.1, 0.15) is 0 Å². The van der Waals surface area contributed by atoms with Crippen molar-refractivity contribution in [3.05, 3.63) is 42.0 Å². The van der Waals surface area contributed by atoms with Gasteiger partial charge in [0.2, 0.25) is 6.41 Å². The molecular formula is C14H18N4O2. The summed E-state index contributed by atoms with van der Waals surface area (Å²) in [6, 6.07) is 6.09. The number of anilines is 2. The van der Waals surface area contributed by atoms with Crippen LogP contribution in [-0.4, -0.2) is 35.1 Å². The summed E-state index contributed by atoms with van der Waals surface area (Å²) < 4.78 is 4.80. The van der Waals surface area contributed by atoms with E-state index in [1.807, 2.05) is 18.3 Å². The van der Waals surface area contributed by atoms with E-state index in [0.717, 1.165) is 30.9 Å². The van der Waals surface area contributed by atoms with E-state index in [2.05, 4.69) is 26.3 Å². The first-order valence-corrected chi connectivity index (χ1v) is 6.59. The molecule has 6 nitrogen and oxygen atoms in total. The Morgan fingerprint density at radius 3 is 3.20 bits per heavy atom. The smallest absolute Gasteiger partial charge is 0.235 e. The number of aliphatic hydroxyl groups excluding tert-OH is 1. The molecule has 1 unspecified atom stereocenters. The molecule has 0 fully saturated rings. The quantitative estimate of drug-likeness (QED) is 0.717. The first kappa shape index (κ1) is 13.0. The maximum absolute atomic E-state index is 9.47. The number of ether oxygens (including phenoxy) is 1. The molecule has 20 heavy (non-hydrogen) atoms. The van der Waals surface area contributed by atoms with E-state index >= 15 is 0 Å². The number of H-pyrrole nitrogens is 1. The van der Waals surface area contributed by atoms with Crippen molar-refractivity contribution in [1.29, 1.82) is 0 Å². The number of aliphatic hydroxyl groups is 1. The van der Waals surface area contributed by atoms with Crippen LogP contribution in [0, 0.1) is 0 Å². The molecule has 1 aliphatic heterocycles. The number of rotatable bonds is 5. The van der Waals surface area contributed by atoms with Crippen molar-refractivity contribution in [1.82, 2.24) is 9.97 Å². The summed E-state index contributed by atoms with van der Waals surface area (Å²) in [6.07, 6.45) is 3.58. The normalized spacial score (nSPS) is 15.2. The standard InChI is InChI=1S/C14H18N4O2/c1-20-14(19)17-11-3-2-10-4-5-18(13(10)6-11)8-12-7-15-9-16-12/h2-3,6-7,9,14,17,19H,4-5,8H2,1H3,(H,15,16). The minimum absolute atomic E-state index is 0.809. The number of fused-ring (bicyclic) bond motifs is 1. The van der Waals surface area contributed by atoms with Gasteiger partial charge in [-0.2, -0.15) is 0 Å². The molecule has 3 N–H and O–H groups in total. The molecule has 0 aliphatic carbocycles. The van der Waals surface area contributed by atoms with Gasteiger partial charge in [0.15, 0.2) is 0 Å². The van der Waals surface area contributed by atoms with Crippen molar-refractivity contribution in [3.63, 3.8) is 0 Å². The highest BCUT2D eigenvalue weighted by Crippen LogP contribution is 2.31. The molecule has 6 heteroatoms. The molecule has 2 heterocycles. The Kier molecular flexibility index (Phi) is 3.58. The maximum atomic E-state index is 9.47. The fourth-order valence-electron chi connectivity index (χ4n) is 2.48. The summed E-state index contributed by atoms with van der Waals surface area (Å²) in [5.41, 5.74) is 4.44. The van der Waals surface area contributed by atoms with Gasteiger partial charge >= 0.3 is 0 Å². The van der Waals surface area contributed by atoms with Crippen LogP contribution in [0.2, 0.25) is 0 Å². The molecule has 0 amide bonds. The van der Waals surface area contributed by atoms with Crippen molar-refractivity contribution >= 4 is 11.4 Å². The highest BCUT2D eigenvalue weighted by Gasteiger charge is 2.20. The third-order valence-corrected chi connectivity index (χ3v) is 3.51. The van der Waals surface area contributed by atoms with Gasteiger partial charge in [0.25, 0.3) is 0 Å². The zero-order chi connectivity index (χ0) is 13.9. The van der Waals surface area contributed by atoms with Crippen LogP contribution < -0.4 is 10.2 Å². The summed E-state index contributed by atoms with van der Waals surface area (Å²) in [5, 5.41) is 12.4. The van der Waals surface area contributed by atoms with Crippen LogP contribution in [0.1, 0.15) is 11.3 Å². The average molecular weight is 274 g/mol. The van der Waals surface area contributed by atoms with E-state index < -0.39 is 6.41 Å². The minimum atomic E-state index is -0.990. The molecule has 1 aromatic heterocycles. The predicted octanol–water partition coefficient (Wildman–Crippen LogP) is 1.31. The van der Waals surface area contributed by atoms with E-state index in [1.54, 1.807) is 6.33 Å². The van der Waals surface area contributed by atoms with E-state index in [4.69, 9.17) is 4.74 Å². The van der Waals surface area contributed by atoms with Gasteiger partial charge in [-0.1, -0.05) is 6.07 Å². The summed E-state index contributed by atoms with van der Waals surface area (Å²) in [5.74, 6) is 0. The monoisotopic (exact) mass is 274 g/mol. The summed E-state index contributed by atoms with van der Waals surface area (Å²) in [7, 11) is 1.45. The number of nitrogens with zero attached hydrogens (tertiary/aromatic N) is 2. The first-order valence-electron chi connectivity index (χ1n) is 6.59. The third-order valence-electron chi connectivity index (χ3n) is 3.51. The van der Waals surface area contributed by atoms with Gasteiger partial charge in [-0.05, 0) is 24.1 Å². The Morgan fingerprint density at radius 1 is 1.55 bits per heavy atom. The lowest BCUT2D eigenvalue weighted by atomic mass is 10.1. The Bertz CT molecular complexity index is 571. The van der Waals surface area contributed by atoms with Crippen LogP contribution in [0.15, 0.2) is 30.7 Å². The van der Waals surface area contributed by atoms with E-state index in [0.29, 0.717) is 0 Å². The number of aromatic amines is 1. The second-order valence-corrected chi connectivity index (χ2v) is 4.82. The molecule has 0 spiro atoms. The molecule has 0 bridgehead atoms. The predicted molar refractivity (Wildman–Crippen MR) is 76.4 cm³/mol. The van der Waals surface area contributed by atoms with Gasteiger partial charge in [0.05, 0.1) is 18.6 Å². The molecular weight excluding hydrogens is 256 g/mol. The van der Waals surface area contributed by atoms with Crippen LogP contribution in [0.4, 0.5) is 11.4 Å². The van der Waals surface area contributed by atoms with Crippen LogP contribution in [0.3, 0.4) is 0 Å². The number of hydrogen-bond acceptors (Lipinski definition) is 5. The molecule has 1 aromatic carbocycles. The van der Waals surface area contributed by atoms with Crippen molar-refractivity contribution in [3.8, 4) is 0 Å². The lowest BCUT2D eigenvalue weighted by Crippen LogP contribution is -2.21. The van der Waals surface area contributed by atoms with Gasteiger partial charge in [0, 0.05) is 31.2 Å². The molecule has 1 atom stereocenters. The van der Waals surface area contributed by atoms with E-state index in [1.165, 1.54) is 18.4 Å². The van der Waals surface area contributed by atoms with Crippen molar-refractivity contribution < 1.29 is 9.84 Å². The number of hydrogen-bond donors (Lipinski definition) is 3. The zero-order valence-corrected chi connectivity index (χ0v) is 11.3. The molecule has 0 saturated carbocycles. The maximum Gasteiger partial charge on any atom is 0.235 e. The average Bonchev–Trinajstić information content (AvgIpc) is 3.10. The number of methoxy groups -OCH3 is 1. The van der Waals surface area contributed by atoms with Crippen LogP contribution in [0.5, 0.6) is 0 Å². The first-order chi connectivity index (χ1) is 9.76. The Balaban J connectivity index is 1.78. The van der Waals surface area contributed by atoms with Crippen molar-refractivity contribution in [2.75, 3.05) is 23.9 Å². The largest absolute Gasteiger partial charge is 0.365 e. The second-order valence-electron chi connectivity index (χ2n) is 4.82. The molecule has 0 radical (unpaired) electrons. The highest BCUT2D eigenvalue weighted by atomic mass is 16.6. The summed E-state index contributed by atoms with van der Waals surface area (Å²) in [6.45, 7) is 1.80. The second kappa shape index (κ2) is 5.52. The van der Waals surface area contributed by atoms with E-state index in [-0.39, 0.29) is 0 Å². The fourth-order valence-corrected chi connectivity index (χ4v) is 2.48. The molecule has 2 aromatic rings. The Labute approximate surface area is 117 Å². The van der Waals surface area contributed by atoms with Gasteiger partial charge in [-0.3, -0.25) is 0 Å². The molecule has 106 valence electrons. The molecule has 3 rings (SSSR count). The highest BCUT2D eigenvalue weighted by molar-refractivity contribution is 5.65. The zero-order valence-electron chi connectivity index (χ0n) is 11.3. The van der Waals surface area contributed by atoms with Crippen LogP contribution in [-0.2, 0) is 17.7 Å². The van der Waals surface area contributed by atoms with E-state index in [9.17, 15) is 5.11 Å². The van der Waals surface area contributed by atoms with Crippen LogP contribution in [0.25, 0.3) is 0 Å². The minimum Gasteiger partial charge on any atom is -0.365 e. The topological polar surface area (TPSA) is 73.4 Å². The van der Waals surface area contributed by atoms with Crippen molar-refractivity contribution in [2.45, 2.75) is 19.4 Å². The molecule has 1 aliphatic rings. The molecule has 0 saturated heterocycles. The van der Waals surface area contributed by atoms with Gasteiger partial charge in [-0.25, -0.2) is 4.98 Å². The Hall–Kier alpha value is -2.05. The lowest BCUT2D eigenvalue weighted by Gasteiger charge is -2.20. The number of aromatic nitrogens is 2. The summed E-state index contributed by atoms with van der Waals surface area (Å²) >= 11 is 0. The van der Waals surface area contributed by atoms with Crippen LogP contribution >= 0.6 is 0 Å². The number of nitrogens with one attached hydrogen (secondary N) is 2. The van der Waals surface area contributed by atoms with Gasteiger partial charge < -0.3 is 25.0 Å². The number of imidazole rings is 1. The third kappa shape index (κ3) is 2.61. The SMILES string of the molecule is COC(O)Nc1ccc2c(c1)N(Cc1cnc[nH]1)CC2. The lowest BCUT2D eigenvalue weighted by molar-refractivity contribution is -0.0509. The van der Waals surface area contributed by atoms with Gasteiger partial charge in [-0.15, -0.1) is 0 Å². The number of benzene rings is 1. The summed E-state index contributed by atoms with van der Waals surface area (Å²) in [4.78, 5) is 9.47. The fraction of sp³-hybridized carbons (Fsp3) is 0.357. The van der Waals surface area contributed by atoms with Crippen molar-refractivity contribution in [2.24, 2.45) is 0 Å².